The smallest absolute Gasteiger partial charge is 0.274 e. The lowest BCUT2D eigenvalue weighted by atomic mass is 10.0. The molecule has 0 saturated heterocycles. The van der Waals surface area contributed by atoms with Crippen LogP contribution >= 0.6 is 0 Å². The second kappa shape index (κ2) is 7.58. The van der Waals surface area contributed by atoms with Gasteiger partial charge in [0.1, 0.15) is 5.69 Å². The first-order chi connectivity index (χ1) is 13.2. The molecule has 1 amide bonds. The van der Waals surface area contributed by atoms with E-state index in [-0.39, 0.29) is 5.91 Å². The van der Waals surface area contributed by atoms with Crippen LogP contribution in [0.3, 0.4) is 0 Å². The minimum absolute atomic E-state index is 0.128. The first kappa shape index (κ1) is 17.2. The van der Waals surface area contributed by atoms with Gasteiger partial charge in [-0.1, -0.05) is 48.5 Å². The highest BCUT2D eigenvalue weighted by Crippen LogP contribution is 2.31. The third-order valence-electron chi connectivity index (χ3n) is 4.85. The Hall–Kier alpha value is -3.21. The Kier molecular flexibility index (Phi) is 4.83. The minimum atomic E-state index is -0.128. The number of hydrogen-bond donors (Lipinski definition) is 0. The Morgan fingerprint density at radius 2 is 1.81 bits per heavy atom. The number of hydrogen-bond acceptors (Lipinski definition) is 4. The van der Waals surface area contributed by atoms with Crippen molar-refractivity contribution in [2.45, 2.75) is 19.4 Å². The second-order valence-corrected chi connectivity index (χ2v) is 6.79. The third-order valence-corrected chi connectivity index (χ3v) is 4.85. The van der Waals surface area contributed by atoms with Crippen molar-refractivity contribution in [2.75, 3.05) is 18.5 Å². The highest BCUT2D eigenvalue weighted by molar-refractivity contribution is 5.92. The van der Waals surface area contributed by atoms with E-state index in [1.54, 1.807) is 24.3 Å². The number of benzene rings is 2. The van der Waals surface area contributed by atoms with Crippen molar-refractivity contribution >= 4 is 17.4 Å². The largest absolute Gasteiger partial charge is 0.336 e. The number of carbonyl (C=O) groups is 1. The Bertz CT molecular complexity index is 925. The van der Waals surface area contributed by atoms with E-state index in [0.29, 0.717) is 12.2 Å². The lowest BCUT2D eigenvalue weighted by Gasteiger charge is -2.30. The normalized spacial score (nSPS) is 13.1. The van der Waals surface area contributed by atoms with Crippen LogP contribution in [0.5, 0.6) is 0 Å². The van der Waals surface area contributed by atoms with E-state index < -0.39 is 0 Å². The number of rotatable bonds is 4. The zero-order valence-electron chi connectivity index (χ0n) is 15.4. The number of carbonyl (C=O) groups excluding carboxylic acids is 1. The molecule has 0 bridgehead atoms. The highest BCUT2D eigenvalue weighted by Gasteiger charge is 2.20. The third kappa shape index (κ3) is 3.67. The Morgan fingerprint density at radius 3 is 2.59 bits per heavy atom. The monoisotopic (exact) mass is 358 g/mol. The number of aromatic nitrogens is 2. The number of fused-ring (bicyclic) bond motifs is 1. The van der Waals surface area contributed by atoms with Crippen LogP contribution < -0.4 is 4.90 Å². The van der Waals surface area contributed by atoms with E-state index in [9.17, 15) is 4.79 Å². The molecular weight excluding hydrogens is 336 g/mol. The van der Waals surface area contributed by atoms with E-state index in [4.69, 9.17) is 0 Å². The molecular formula is C22H22N4O. The molecule has 1 aromatic heterocycles. The van der Waals surface area contributed by atoms with Crippen molar-refractivity contribution in [3.05, 3.63) is 83.8 Å². The summed E-state index contributed by atoms with van der Waals surface area (Å²) in [4.78, 5) is 25.4. The van der Waals surface area contributed by atoms with Crippen molar-refractivity contribution in [3.8, 4) is 0 Å². The van der Waals surface area contributed by atoms with Crippen molar-refractivity contribution in [1.82, 2.24) is 14.9 Å². The van der Waals surface area contributed by atoms with Gasteiger partial charge in [0.25, 0.3) is 5.91 Å². The van der Waals surface area contributed by atoms with E-state index >= 15 is 0 Å². The van der Waals surface area contributed by atoms with E-state index in [2.05, 4.69) is 33.1 Å². The van der Waals surface area contributed by atoms with E-state index in [1.165, 1.54) is 11.3 Å². The molecule has 0 fully saturated rings. The predicted molar refractivity (Wildman–Crippen MR) is 106 cm³/mol. The molecule has 136 valence electrons. The maximum Gasteiger partial charge on any atom is 0.274 e. The number of nitrogens with zero attached hydrogens (tertiary/aromatic N) is 4. The number of para-hydroxylation sites is 1. The molecule has 1 aliphatic heterocycles. The highest BCUT2D eigenvalue weighted by atomic mass is 16.2. The molecule has 2 aromatic carbocycles. The number of aryl methyl sites for hydroxylation is 1. The molecule has 27 heavy (non-hydrogen) atoms. The lowest BCUT2D eigenvalue weighted by Crippen LogP contribution is -2.28. The van der Waals surface area contributed by atoms with Gasteiger partial charge in [0, 0.05) is 25.8 Å². The van der Waals surface area contributed by atoms with Crippen LogP contribution in [-0.2, 0) is 13.0 Å². The molecule has 0 spiro atoms. The standard InChI is InChI=1S/C22H22N4O/c1-25(16-17-8-3-2-4-9-17)22(27)19-14-24-21(15-23-19)26-13-7-11-18-10-5-6-12-20(18)26/h2-6,8-10,12,14-15H,7,11,13,16H2,1H3. The molecule has 0 aliphatic carbocycles. The molecule has 5 nitrogen and oxygen atoms in total. The van der Waals surface area contributed by atoms with Crippen LogP contribution in [-0.4, -0.2) is 34.4 Å². The van der Waals surface area contributed by atoms with Crippen LogP contribution in [0.4, 0.5) is 11.5 Å². The molecule has 1 aliphatic rings. The summed E-state index contributed by atoms with van der Waals surface area (Å²) in [6, 6.07) is 18.3. The first-order valence-electron chi connectivity index (χ1n) is 9.19. The lowest BCUT2D eigenvalue weighted by molar-refractivity contribution is 0.0779. The van der Waals surface area contributed by atoms with Gasteiger partial charge < -0.3 is 9.80 Å². The van der Waals surface area contributed by atoms with Gasteiger partial charge in [-0.05, 0) is 30.0 Å². The first-order valence-corrected chi connectivity index (χ1v) is 9.19. The van der Waals surface area contributed by atoms with Crippen LogP contribution in [0.1, 0.15) is 28.0 Å². The summed E-state index contributed by atoms with van der Waals surface area (Å²) < 4.78 is 0. The average Bonchev–Trinajstić information content (AvgIpc) is 2.73. The number of amides is 1. The molecule has 3 aromatic rings. The van der Waals surface area contributed by atoms with Gasteiger partial charge in [-0.25, -0.2) is 9.97 Å². The molecule has 0 unspecified atom stereocenters. The average molecular weight is 358 g/mol. The number of anilines is 2. The molecule has 5 heteroatoms. The zero-order valence-corrected chi connectivity index (χ0v) is 15.4. The second-order valence-electron chi connectivity index (χ2n) is 6.79. The molecule has 0 atom stereocenters. The van der Waals surface area contributed by atoms with Crippen molar-refractivity contribution in [1.29, 1.82) is 0 Å². The fraction of sp³-hybridized carbons (Fsp3) is 0.227. The van der Waals surface area contributed by atoms with Crippen LogP contribution in [0, 0.1) is 0 Å². The maximum atomic E-state index is 12.6. The van der Waals surface area contributed by atoms with E-state index in [0.717, 1.165) is 30.8 Å². The van der Waals surface area contributed by atoms with Crippen LogP contribution in [0.2, 0.25) is 0 Å². The van der Waals surface area contributed by atoms with Gasteiger partial charge in [-0.15, -0.1) is 0 Å². The van der Waals surface area contributed by atoms with Crippen molar-refractivity contribution < 1.29 is 4.79 Å². The van der Waals surface area contributed by atoms with Gasteiger partial charge in [-0.3, -0.25) is 4.79 Å². The fourth-order valence-electron chi connectivity index (χ4n) is 3.47. The molecule has 0 saturated carbocycles. The van der Waals surface area contributed by atoms with Gasteiger partial charge in [0.15, 0.2) is 5.82 Å². The van der Waals surface area contributed by atoms with Crippen LogP contribution in [0.15, 0.2) is 67.0 Å². The maximum absolute atomic E-state index is 12.6. The summed E-state index contributed by atoms with van der Waals surface area (Å²) in [7, 11) is 1.78. The zero-order chi connectivity index (χ0) is 18.6. The summed E-state index contributed by atoms with van der Waals surface area (Å²) in [6.45, 7) is 1.45. The Balaban J connectivity index is 1.50. The fourth-order valence-corrected chi connectivity index (χ4v) is 3.47. The van der Waals surface area contributed by atoms with E-state index in [1.807, 2.05) is 36.4 Å². The molecule has 0 N–H and O–H groups in total. The SMILES string of the molecule is CN(Cc1ccccc1)C(=O)c1cnc(N2CCCc3ccccc32)cn1. The molecule has 4 rings (SSSR count). The Morgan fingerprint density at radius 1 is 1.04 bits per heavy atom. The van der Waals surface area contributed by atoms with Crippen LogP contribution in [0.25, 0.3) is 0 Å². The Labute approximate surface area is 159 Å². The summed E-state index contributed by atoms with van der Waals surface area (Å²) in [5.74, 6) is 0.654. The van der Waals surface area contributed by atoms with Crippen molar-refractivity contribution in [3.63, 3.8) is 0 Å². The van der Waals surface area contributed by atoms with Gasteiger partial charge in [-0.2, -0.15) is 0 Å². The van der Waals surface area contributed by atoms with Gasteiger partial charge in [0.2, 0.25) is 0 Å². The summed E-state index contributed by atoms with van der Waals surface area (Å²) in [5.41, 5.74) is 3.96. The van der Waals surface area contributed by atoms with Gasteiger partial charge in [0.05, 0.1) is 12.4 Å². The quantitative estimate of drug-likeness (QED) is 0.711. The molecule has 2 heterocycles. The summed E-state index contributed by atoms with van der Waals surface area (Å²) >= 11 is 0. The summed E-state index contributed by atoms with van der Waals surface area (Å²) in [6.07, 6.45) is 5.45. The topological polar surface area (TPSA) is 49.3 Å². The molecule has 0 radical (unpaired) electrons. The summed E-state index contributed by atoms with van der Waals surface area (Å²) in [5, 5.41) is 0. The van der Waals surface area contributed by atoms with Crippen molar-refractivity contribution in [2.24, 2.45) is 0 Å². The minimum Gasteiger partial charge on any atom is -0.336 e. The predicted octanol–water partition coefficient (Wildman–Crippen LogP) is 3.83. The van der Waals surface area contributed by atoms with Gasteiger partial charge >= 0.3 is 0 Å².